The van der Waals surface area contributed by atoms with E-state index in [1.165, 1.54) is 25.1 Å². The molecule has 0 aliphatic carbocycles. The van der Waals surface area contributed by atoms with Crippen molar-refractivity contribution in [2.75, 3.05) is 6.54 Å². The molecule has 0 spiro atoms. The molecule has 0 unspecified atom stereocenters. The summed E-state index contributed by atoms with van der Waals surface area (Å²) in [5.74, 6) is -1.50. The molecule has 1 amide bonds. The summed E-state index contributed by atoms with van der Waals surface area (Å²) < 4.78 is 44.6. The standard InChI is InChI=1S/C20H18N2O4/c1-12(23)11-21-20(25)18-19(24)16-9-8-15(10-17(16)13(2)22-18)26-14-6-4-3-5-7-14/h3-10,24H,11H2,1-2H3,(H,21,25)/i3D,4D,5D,6D,7D. The molecule has 0 saturated heterocycles. The van der Waals surface area contributed by atoms with E-state index < -0.39 is 36.1 Å². The minimum absolute atomic E-state index is 0.157. The Hall–Kier alpha value is -3.41. The number of rotatable bonds is 5. The lowest BCUT2D eigenvalue weighted by Crippen LogP contribution is -2.29. The quantitative estimate of drug-likeness (QED) is 0.733. The average Bonchev–Trinajstić information content (AvgIpc) is 2.74. The van der Waals surface area contributed by atoms with E-state index in [0.29, 0.717) is 16.5 Å². The van der Waals surface area contributed by atoms with E-state index in [4.69, 9.17) is 11.6 Å². The summed E-state index contributed by atoms with van der Waals surface area (Å²) in [6.45, 7) is 2.73. The molecule has 3 rings (SSSR count). The Bertz CT molecular complexity index is 1220. The van der Waals surface area contributed by atoms with Gasteiger partial charge in [-0.25, -0.2) is 4.98 Å². The minimum atomic E-state index is -0.697. The highest BCUT2D eigenvalue weighted by Crippen LogP contribution is 2.33. The number of hydrogen-bond acceptors (Lipinski definition) is 5. The SMILES string of the molecule is [2H]c1c([2H])c([2H])c(Oc2ccc3c(O)c(C(=O)NCC(C)=O)nc(C)c3c2)c([2H])c1[2H]. The number of hydrogen-bond donors (Lipinski definition) is 2. The van der Waals surface area contributed by atoms with Gasteiger partial charge < -0.3 is 15.2 Å². The number of benzene rings is 2. The summed E-state index contributed by atoms with van der Waals surface area (Å²) >= 11 is 0. The van der Waals surface area contributed by atoms with Crippen LogP contribution < -0.4 is 10.1 Å². The van der Waals surface area contributed by atoms with Crippen molar-refractivity contribution in [3.63, 3.8) is 0 Å². The molecular weight excluding hydrogens is 332 g/mol. The van der Waals surface area contributed by atoms with E-state index in [1.54, 1.807) is 6.92 Å². The lowest BCUT2D eigenvalue weighted by molar-refractivity contribution is -0.116. The molecule has 1 aromatic heterocycles. The zero-order valence-corrected chi connectivity index (χ0v) is 14.1. The van der Waals surface area contributed by atoms with Crippen LogP contribution in [0.2, 0.25) is 0 Å². The third kappa shape index (κ3) is 3.64. The van der Waals surface area contributed by atoms with Gasteiger partial charge in [0, 0.05) is 16.5 Å². The molecule has 0 aliphatic rings. The fourth-order valence-corrected chi connectivity index (χ4v) is 2.36. The van der Waals surface area contributed by atoms with Crippen LogP contribution in [-0.4, -0.2) is 28.3 Å². The third-order valence-electron chi connectivity index (χ3n) is 3.55. The number of carbonyl (C=O) groups is 2. The van der Waals surface area contributed by atoms with Crippen molar-refractivity contribution in [3.05, 3.63) is 59.8 Å². The predicted molar refractivity (Wildman–Crippen MR) is 97.7 cm³/mol. The fraction of sp³-hybridized carbons (Fsp3) is 0.150. The molecule has 0 fully saturated rings. The van der Waals surface area contributed by atoms with Crippen molar-refractivity contribution >= 4 is 22.5 Å². The minimum Gasteiger partial charge on any atom is -0.505 e. The van der Waals surface area contributed by atoms with Crippen molar-refractivity contribution < 1.29 is 26.3 Å². The van der Waals surface area contributed by atoms with Crippen LogP contribution in [0.15, 0.2) is 48.4 Å². The zero-order chi connectivity index (χ0) is 23.0. The molecule has 0 radical (unpaired) electrons. The van der Waals surface area contributed by atoms with Crippen LogP contribution in [0.3, 0.4) is 0 Å². The maximum absolute atomic E-state index is 12.2. The highest BCUT2D eigenvalue weighted by molar-refractivity contribution is 6.03. The summed E-state index contributed by atoms with van der Waals surface area (Å²) in [6, 6.07) is 1.84. The van der Waals surface area contributed by atoms with Gasteiger partial charge in [-0.05, 0) is 44.1 Å². The average molecular weight is 355 g/mol. The second-order valence-corrected chi connectivity index (χ2v) is 5.54. The fourth-order valence-electron chi connectivity index (χ4n) is 2.36. The number of aromatic nitrogens is 1. The molecule has 2 aromatic carbocycles. The van der Waals surface area contributed by atoms with Crippen LogP contribution in [0.25, 0.3) is 10.8 Å². The summed E-state index contributed by atoms with van der Waals surface area (Å²) in [6.07, 6.45) is 0. The van der Waals surface area contributed by atoms with Gasteiger partial charge >= 0.3 is 0 Å². The molecule has 0 bridgehead atoms. The number of Topliss-reactive ketones (excluding diaryl/α,β-unsaturated/α-hetero) is 1. The van der Waals surface area contributed by atoms with Crippen molar-refractivity contribution in [1.82, 2.24) is 10.3 Å². The van der Waals surface area contributed by atoms with Crippen LogP contribution in [0, 0.1) is 6.92 Å². The highest BCUT2D eigenvalue weighted by Gasteiger charge is 2.18. The molecule has 2 N–H and O–H groups in total. The van der Waals surface area contributed by atoms with Crippen LogP contribution >= 0.6 is 0 Å². The van der Waals surface area contributed by atoms with Gasteiger partial charge in [0.15, 0.2) is 11.4 Å². The highest BCUT2D eigenvalue weighted by atomic mass is 16.5. The second kappa shape index (κ2) is 7.23. The van der Waals surface area contributed by atoms with Crippen LogP contribution in [0.1, 0.15) is 30.0 Å². The topological polar surface area (TPSA) is 88.5 Å². The van der Waals surface area contributed by atoms with Gasteiger partial charge in [-0.15, -0.1) is 0 Å². The number of ketones is 1. The number of carbonyl (C=O) groups excluding carboxylic acids is 2. The van der Waals surface area contributed by atoms with Crippen molar-refractivity contribution in [1.29, 1.82) is 0 Å². The van der Waals surface area contributed by atoms with E-state index in [9.17, 15) is 14.7 Å². The van der Waals surface area contributed by atoms with Crippen molar-refractivity contribution in [3.8, 4) is 17.2 Å². The molecule has 6 nitrogen and oxygen atoms in total. The lowest BCUT2D eigenvalue weighted by Gasteiger charge is -2.12. The lowest BCUT2D eigenvalue weighted by atomic mass is 10.1. The summed E-state index contributed by atoms with van der Waals surface area (Å²) in [5.41, 5.74) is 0.151. The van der Waals surface area contributed by atoms with Gasteiger partial charge in [-0.2, -0.15) is 0 Å². The number of aromatic hydroxyl groups is 1. The first-order chi connectivity index (χ1) is 14.5. The molecule has 132 valence electrons. The van der Waals surface area contributed by atoms with Crippen LogP contribution in [0.5, 0.6) is 17.2 Å². The van der Waals surface area contributed by atoms with E-state index in [2.05, 4.69) is 10.3 Å². The Morgan fingerprint density at radius 1 is 1.19 bits per heavy atom. The van der Waals surface area contributed by atoms with E-state index in [-0.39, 0.29) is 35.3 Å². The van der Waals surface area contributed by atoms with E-state index in [0.717, 1.165) is 0 Å². The summed E-state index contributed by atoms with van der Waals surface area (Å²) in [5, 5.41) is 13.6. The van der Waals surface area contributed by atoms with Gasteiger partial charge in [-0.3, -0.25) is 9.59 Å². The Morgan fingerprint density at radius 2 is 1.92 bits per heavy atom. The number of ether oxygens (including phenoxy) is 1. The van der Waals surface area contributed by atoms with Crippen LogP contribution in [0.4, 0.5) is 0 Å². The summed E-state index contributed by atoms with van der Waals surface area (Å²) in [7, 11) is 0. The van der Waals surface area contributed by atoms with Gasteiger partial charge in [0.2, 0.25) is 0 Å². The first kappa shape index (κ1) is 12.0. The van der Waals surface area contributed by atoms with E-state index >= 15 is 0 Å². The molecular formula is C20H18N2O4. The largest absolute Gasteiger partial charge is 0.505 e. The number of pyridine rings is 1. The molecule has 3 aromatic rings. The molecule has 0 saturated carbocycles. The Kier molecular flexibility index (Phi) is 3.34. The Labute approximate surface area is 157 Å². The number of aryl methyl sites for hydroxylation is 1. The van der Waals surface area contributed by atoms with Gasteiger partial charge in [0.25, 0.3) is 5.91 Å². The normalized spacial score (nSPS) is 13.2. The number of amides is 1. The van der Waals surface area contributed by atoms with Crippen LogP contribution in [-0.2, 0) is 4.79 Å². The first-order valence-electron chi connectivity index (χ1n) is 10.2. The summed E-state index contributed by atoms with van der Waals surface area (Å²) in [4.78, 5) is 27.4. The predicted octanol–water partition coefficient (Wildman–Crippen LogP) is 3.36. The molecule has 6 heteroatoms. The second-order valence-electron chi connectivity index (χ2n) is 5.54. The zero-order valence-electron chi connectivity index (χ0n) is 19.1. The smallest absolute Gasteiger partial charge is 0.274 e. The number of fused-ring (bicyclic) bond motifs is 1. The third-order valence-corrected chi connectivity index (χ3v) is 3.55. The van der Waals surface area contributed by atoms with Gasteiger partial charge in [0.1, 0.15) is 17.3 Å². The Balaban J connectivity index is 2.04. The molecule has 26 heavy (non-hydrogen) atoms. The maximum atomic E-state index is 12.2. The first-order valence-corrected chi connectivity index (χ1v) is 7.68. The maximum Gasteiger partial charge on any atom is 0.274 e. The Morgan fingerprint density at radius 3 is 2.62 bits per heavy atom. The van der Waals surface area contributed by atoms with Gasteiger partial charge in [-0.1, -0.05) is 18.1 Å². The van der Waals surface area contributed by atoms with Crippen molar-refractivity contribution in [2.45, 2.75) is 13.8 Å². The molecule has 0 atom stereocenters. The monoisotopic (exact) mass is 355 g/mol. The molecule has 1 heterocycles. The van der Waals surface area contributed by atoms with E-state index in [1.807, 2.05) is 0 Å². The molecule has 0 aliphatic heterocycles. The number of nitrogens with one attached hydrogen (secondary N) is 1. The number of nitrogens with zero attached hydrogens (tertiary/aromatic N) is 1. The van der Waals surface area contributed by atoms with Gasteiger partial charge in [0.05, 0.1) is 13.4 Å². The van der Waals surface area contributed by atoms with Crippen molar-refractivity contribution in [2.24, 2.45) is 0 Å². The number of para-hydroxylation sites is 1.